The van der Waals surface area contributed by atoms with Gasteiger partial charge in [0.25, 0.3) is 0 Å². The van der Waals surface area contributed by atoms with Crippen molar-refractivity contribution in [2.45, 2.75) is 25.0 Å². The van der Waals surface area contributed by atoms with E-state index in [0.717, 1.165) is 0 Å². The summed E-state index contributed by atoms with van der Waals surface area (Å²) in [6, 6.07) is 6.83. The normalized spacial score (nSPS) is 13.1. The first-order chi connectivity index (χ1) is 17.3. The largest absolute Gasteiger partial charge is 0.479 e. The number of anilines is 1. The number of nitrogens with one attached hydrogen (secondary N) is 1. The number of rotatable bonds is 9. The number of sulfonamides is 1. The predicted molar refractivity (Wildman–Crippen MR) is 133 cm³/mol. The maximum absolute atomic E-state index is 13.5. The highest BCUT2D eigenvalue weighted by Crippen LogP contribution is 2.35. The molecule has 0 spiro atoms. The first-order valence-electron chi connectivity index (χ1n) is 10.7. The summed E-state index contributed by atoms with van der Waals surface area (Å²) in [5.41, 5.74) is 1.36. The summed E-state index contributed by atoms with van der Waals surface area (Å²) in [5.74, 6) is -0.0493. The van der Waals surface area contributed by atoms with Crippen molar-refractivity contribution in [3.05, 3.63) is 59.9 Å². The Morgan fingerprint density at radius 2 is 1.72 bits per heavy atom. The molecule has 0 aliphatic carbocycles. The van der Waals surface area contributed by atoms with Gasteiger partial charge in [-0.2, -0.15) is 9.97 Å². The van der Waals surface area contributed by atoms with Crippen LogP contribution in [0, 0.1) is 0 Å². The second-order valence-electron chi connectivity index (χ2n) is 7.71. The molecule has 0 saturated heterocycles. The van der Waals surface area contributed by atoms with E-state index in [2.05, 4.69) is 34.9 Å². The van der Waals surface area contributed by atoms with Crippen molar-refractivity contribution >= 4 is 27.6 Å². The maximum atomic E-state index is 13.5. The van der Waals surface area contributed by atoms with Gasteiger partial charge in [-0.05, 0) is 31.2 Å². The van der Waals surface area contributed by atoms with Crippen LogP contribution in [0.2, 0.25) is 5.02 Å². The summed E-state index contributed by atoms with van der Waals surface area (Å²) in [4.78, 5) is 16.7. The van der Waals surface area contributed by atoms with Gasteiger partial charge in [-0.15, -0.1) is 10.2 Å². The molecule has 4 aromatic rings. The monoisotopic (exact) mass is 530 g/mol. The second kappa shape index (κ2) is 10.4. The predicted octanol–water partition coefficient (Wildman–Crippen LogP) is 3.12. The fraction of sp³-hybridized carbons (Fsp3) is 0.273. The Kier molecular flexibility index (Phi) is 7.31. The van der Waals surface area contributed by atoms with E-state index in [1.165, 1.54) is 31.3 Å². The molecule has 4 heterocycles. The zero-order chi connectivity index (χ0) is 25.9. The number of hydrogen-bond donors (Lipinski definition) is 1. The van der Waals surface area contributed by atoms with Crippen molar-refractivity contribution in [3.63, 3.8) is 0 Å². The number of pyridine rings is 2. The highest BCUT2D eigenvalue weighted by Gasteiger charge is 2.32. The number of nitrogens with zero attached hydrogens (tertiary/aromatic N) is 7. The Hall–Kier alpha value is -3.84. The minimum atomic E-state index is -3.99. The summed E-state index contributed by atoms with van der Waals surface area (Å²) >= 11 is 5.92. The fourth-order valence-electron chi connectivity index (χ4n) is 3.47. The number of halogens is 1. The molecule has 0 aliphatic heterocycles. The van der Waals surface area contributed by atoms with E-state index >= 15 is 0 Å². The number of hydrogen-bond acceptors (Lipinski definition) is 10. The molecule has 4 aromatic heterocycles. The van der Waals surface area contributed by atoms with Crippen LogP contribution in [0.25, 0.3) is 17.1 Å². The van der Waals surface area contributed by atoms with Crippen LogP contribution >= 0.6 is 11.6 Å². The Morgan fingerprint density at radius 3 is 2.31 bits per heavy atom. The summed E-state index contributed by atoms with van der Waals surface area (Å²) in [6.45, 7) is 3.35. The zero-order valence-electron chi connectivity index (χ0n) is 19.8. The van der Waals surface area contributed by atoms with Gasteiger partial charge < -0.3 is 9.47 Å². The number of ether oxygens (including phenoxy) is 2. The SMILES string of the molecule is COc1ncnc(OC)c1-n1c(NS(=O)(=O)[C@@H](C)[C@H](C)c2ccc(Cl)cn2)nnc1-c1cccnc1. The fourth-order valence-corrected chi connectivity index (χ4v) is 4.83. The third kappa shape index (κ3) is 4.93. The van der Waals surface area contributed by atoms with E-state index in [4.69, 9.17) is 21.1 Å². The van der Waals surface area contributed by atoms with Gasteiger partial charge in [0.15, 0.2) is 11.5 Å². The van der Waals surface area contributed by atoms with E-state index < -0.39 is 21.2 Å². The van der Waals surface area contributed by atoms with Crippen LogP contribution in [0.3, 0.4) is 0 Å². The van der Waals surface area contributed by atoms with Gasteiger partial charge in [-0.1, -0.05) is 18.5 Å². The van der Waals surface area contributed by atoms with Crippen LogP contribution < -0.4 is 14.2 Å². The van der Waals surface area contributed by atoms with E-state index in [-0.39, 0.29) is 29.2 Å². The molecule has 2 atom stereocenters. The Morgan fingerprint density at radius 1 is 1.00 bits per heavy atom. The van der Waals surface area contributed by atoms with Crippen LogP contribution in [0.4, 0.5) is 5.95 Å². The van der Waals surface area contributed by atoms with Crippen LogP contribution in [-0.2, 0) is 10.0 Å². The molecule has 12 nitrogen and oxygen atoms in total. The molecule has 0 aliphatic rings. The summed E-state index contributed by atoms with van der Waals surface area (Å²) in [5, 5.41) is 7.92. The first-order valence-corrected chi connectivity index (χ1v) is 12.6. The molecule has 14 heteroatoms. The van der Waals surface area contributed by atoms with Crippen molar-refractivity contribution in [3.8, 4) is 28.8 Å². The minimum absolute atomic E-state index is 0.108. The van der Waals surface area contributed by atoms with Gasteiger partial charge in [-0.25, -0.2) is 8.42 Å². The number of methoxy groups -OCH3 is 2. The lowest BCUT2D eigenvalue weighted by Gasteiger charge is -2.21. The van der Waals surface area contributed by atoms with Crippen LogP contribution in [0.5, 0.6) is 11.8 Å². The molecule has 0 unspecified atom stereocenters. The smallest absolute Gasteiger partial charge is 0.245 e. The van der Waals surface area contributed by atoms with E-state index in [9.17, 15) is 8.42 Å². The van der Waals surface area contributed by atoms with Crippen LogP contribution in [0.15, 0.2) is 49.2 Å². The van der Waals surface area contributed by atoms with Gasteiger partial charge in [-0.3, -0.25) is 19.3 Å². The molecule has 4 rings (SSSR count). The average Bonchev–Trinajstić information content (AvgIpc) is 3.30. The minimum Gasteiger partial charge on any atom is -0.479 e. The molecule has 0 radical (unpaired) electrons. The molecule has 1 N–H and O–H groups in total. The lowest BCUT2D eigenvalue weighted by atomic mass is 10.0. The van der Waals surface area contributed by atoms with E-state index in [0.29, 0.717) is 16.3 Å². The highest BCUT2D eigenvalue weighted by molar-refractivity contribution is 7.93. The van der Waals surface area contributed by atoms with E-state index in [1.807, 2.05) is 0 Å². The van der Waals surface area contributed by atoms with Crippen molar-refractivity contribution in [2.75, 3.05) is 18.9 Å². The molecule has 0 aromatic carbocycles. The third-order valence-corrected chi connectivity index (χ3v) is 7.67. The van der Waals surface area contributed by atoms with Crippen molar-refractivity contribution in [2.24, 2.45) is 0 Å². The van der Waals surface area contributed by atoms with Crippen molar-refractivity contribution in [1.29, 1.82) is 0 Å². The lowest BCUT2D eigenvalue weighted by molar-refractivity contribution is 0.368. The summed E-state index contributed by atoms with van der Waals surface area (Å²) < 4.78 is 41.8. The van der Waals surface area contributed by atoms with Crippen LogP contribution in [0.1, 0.15) is 25.5 Å². The third-order valence-electron chi connectivity index (χ3n) is 5.59. The quantitative estimate of drug-likeness (QED) is 0.342. The van der Waals surface area contributed by atoms with Crippen molar-refractivity contribution < 1.29 is 17.9 Å². The summed E-state index contributed by atoms with van der Waals surface area (Å²) in [7, 11) is -1.15. The number of aromatic nitrogens is 7. The molecule has 188 valence electrons. The molecule has 36 heavy (non-hydrogen) atoms. The van der Waals surface area contributed by atoms with Gasteiger partial charge in [0.05, 0.1) is 24.5 Å². The van der Waals surface area contributed by atoms with Gasteiger partial charge in [0.2, 0.25) is 27.7 Å². The first kappa shape index (κ1) is 25.3. The van der Waals surface area contributed by atoms with Gasteiger partial charge >= 0.3 is 0 Å². The molecule has 0 saturated carbocycles. The molecule has 0 fully saturated rings. The molecular formula is C22H23ClN8O4S. The molecule has 0 amide bonds. The lowest BCUT2D eigenvalue weighted by Crippen LogP contribution is -2.31. The maximum Gasteiger partial charge on any atom is 0.245 e. The Labute approximate surface area is 212 Å². The molecule has 0 bridgehead atoms. The average molecular weight is 531 g/mol. The Balaban J connectivity index is 1.81. The Bertz CT molecular complexity index is 1430. The summed E-state index contributed by atoms with van der Waals surface area (Å²) in [6.07, 6.45) is 5.92. The zero-order valence-corrected chi connectivity index (χ0v) is 21.4. The van der Waals surface area contributed by atoms with E-state index in [1.54, 1.807) is 50.5 Å². The van der Waals surface area contributed by atoms with Crippen LogP contribution in [-0.4, -0.2) is 62.6 Å². The highest BCUT2D eigenvalue weighted by atomic mass is 35.5. The topological polar surface area (TPSA) is 147 Å². The second-order valence-corrected chi connectivity index (χ2v) is 10.2. The molecular weight excluding hydrogens is 508 g/mol. The van der Waals surface area contributed by atoms with Crippen molar-refractivity contribution in [1.82, 2.24) is 34.7 Å². The van der Waals surface area contributed by atoms with Gasteiger partial charge in [0, 0.05) is 35.8 Å². The van der Waals surface area contributed by atoms with Gasteiger partial charge in [0.1, 0.15) is 6.33 Å². The standard InChI is InChI=1S/C22H23ClN8O4S/c1-13(17-8-7-16(23)11-25-17)14(2)36(32,33)30-22-29-28-19(15-6-5-9-24-10-15)31(22)18-20(34-3)26-12-27-21(18)35-4/h5-14H,1-4H3,(H,29,30)/t13-,14-/m0/s1.